The van der Waals surface area contributed by atoms with Crippen LogP contribution in [0, 0.1) is 0 Å². The van der Waals surface area contributed by atoms with Gasteiger partial charge in [-0.1, -0.05) is 18.2 Å². The third-order valence-electron chi connectivity index (χ3n) is 4.97. The van der Waals surface area contributed by atoms with E-state index < -0.39 is 11.9 Å². The molecule has 2 aromatic carbocycles. The number of nitrogens with one attached hydrogen (secondary N) is 2. The lowest BCUT2D eigenvalue weighted by Gasteiger charge is -2.27. The highest BCUT2D eigenvalue weighted by atomic mass is 16.5. The third-order valence-corrected chi connectivity index (χ3v) is 4.97. The van der Waals surface area contributed by atoms with E-state index in [1.54, 1.807) is 44.5 Å². The Balaban J connectivity index is 1.56. The van der Waals surface area contributed by atoms with Crippen molar-refractivity contribution in [2.75, 3.05) is 33.4 Å². The molecule has 2 amide bonds. The fourth-order valence-corrected chi connectivity index (χ4v) is 3.20. The first kappa shape index (κ1) is 22.5. The molecule has 1 atom stereocenters. The van der Waals surface area contributed by atoms with Crippen molar-refractivity contribution in [3.63, 3.8) is 0 Å². The Hall–Kier alpha value is -3.23. The summed E-state index contributed by atoms with van der Waals surface area (Å²) in [6.45, 7) is 5.58. The molecule has 3 rings (SSSR count). The Morgan fingerprint density at radius 2 is 1.94 bits per heavy atom. The zero-order chi connectivity index (χ0) is 22.1. The van der Waals surface area contributed by atoms with Crippen LogP contribution in [-0.2, 0) is 16.1 Å². The third kappa shape index (κ3) is 6.63. The molecule has 1 unspecified atom stereocenters. The van der Waals surface area contributed by atoms with E-state index in [0.29, 0.717) is 5.56 Å². The van der Waals surface area contributed by atoms with E-state index in [1.807, 2.05) is 24.3 Å². The van der Waals surface area contributed by atoms with E-state index in [9.17, 15) is 9.59 Å². The average Bonchev–Trinajstić information content (AvgIpc) is 2.80. The molecule has 1 saturated heterocycles. The van der Waals surface area contributed by atoms with Crippen LogP contribution in [0.15, 0.2) is 53.6 Å². The molecule has 2 N–H and O–H groups in total. The fraction of sp³-hybridized carbons (Fsp3) is 0.348. The standard InChI is InChI=1S/C23H28N4O4/c1-17(25-23(29)19-6-4-3-5-7-19)22(28)26-24-15-18-8-9-21(30-2)20(14-18)16-27-10-12-31-13-11-27/h3-9,14-15,17H,10-13,16H2,1-2H3,(H,25,29)(H,26,28)/b24-15+. The summed E-state index contributed by atoms with van der Waals surface area (Å²) >= 11 is 0. The molecule has 0 bridgehead atoms. The number of hydrogen-bond acceptors (Lipinski definition) is 6. The molecule has 31 heavy (non-hydrogen) atoms. The van der Waals surface area contributed by atoms with E-state index in [4.69, 9.17) is 9.47 Å². The lowest BCUT2D eigenvalue weighted by Crippen LogP contribution is -2.43. The maximum Gasteiger partial charge on any atom is 0.262 e. The molecule has 1 fully saturated rings. The van der Waals surface area contributed by atoms with Gasteiger partial charge in [0, 0.05) is 30.8 Å². The molecule has 1 aliphatic heterocycles. The quantitative estimate of drug-likeness (QED) is 0.498. The number of morpholine rings is 1. The van der Waals surface area contributed by atoms with Gasteiger partial charge in [0.05, 0.1) is 26.5 Å². The first-order chi connectivity index (χ1) is 15.1. The maximum atomic E-state index is 12.3. The number of ether oxygens (including phenoxy) is 2. The van der Waals surface area contributed by atoms with Crippen LogP contribution >= 0.6 is 0 Å². The van der Waals surface area contributed by atoms with E-state index in [-0.39, 0.29) is 5.91 Å². The molecule has 8 heteroatoms. The monoisotopic (exact) mass is 424 g/mol. The second-order valence-corrected chi connectivity index (χ2v) is 7.26. The van der Waals surface area contributed by atoms with E-state index in [1.165, 1.54) is 0 Å². The van der Waals surface area contributed by atoms with Crippen LogP contribution in [0.3, 0.4) is 0 Å². The Morgan fingerprint density at radius 3 is 2.65 bits per heavy atom. The topological polar surface area (TPSA) is 92.3 Å². The lowest BCUT2D eigenvalue weighted by atomic mass is 10.1. The number of benzene rings is 2. The van der Waals surface area contributed by atoms with Crippen molar-refractivity contribution in [1.82, 2.24) is 15.6 Å². The minimum absolute atomic E-state index is 0.310. The van der Waals surface area contributed by atoms with Gasteiger partial charge in [-0.05, 0) is 42.8 Å². The van der Waals surface area contributed by atoms with Gasteiger partial charge < -0.3 is 14.8 Å². The molecular weight excluding hydrogens is 396 g/mol. The first-order valence-electron chi connectivity index (χ1n) is 10.2. The zero-order valence-electron chi connectivity index (χ0n) is 17.8. The van der Waals surface area contributed by atoms with Crippen molar-refractivity contribution < 1.29 is 19.1 Å². The Labute approximate surface area is 182 Å². The summed E-state index contributed by atoms with van der Waals surface area (Å²) in [6.07, 6.45) is 1.58. The van der Waals surface area contributed by atoms with Crippen LogP contribution < -0.4 is 15.5 Å². The summed E-state index contributed by atoms with van der Waals surface area (Å²) in [5, 5.41) is 6.69. The Morgan fingerprint density at radius 1 is 1.19 bits per heavy atom. The molecule has 0 radical (unpaired) electrons. The molecule has 2 aromatic rings. The minimum atomic E-state index is -0.724. The fourth-order valence-electron chi connectivity index (χ4n) is 3.20. The number of rotatable bonds is 8. The van der Waals surface area contributed by atoms with Gasteiger partial charge in [-0.15, -0.1) is 0 Å². The second kappa shape index (κ2) is 11.2. The summed E-state index contributed by atoms with van der Waals surface area (Å²) < 4.78 is 10.9. The number of nitrogens with zero attached hydrogens (tertiary/aromatic N) is 2. The number of amides is 2. The summed E-state index contributed by atoms with van der Waals surface area (Å²) in [5.41, 5.74) is 4.85. The summed E-state index contributed by atoms with van der Waals surface area (Å²) in [7, 11) is 1.65. The van der Waals surface area contributed by atoms with Crippen molar-refractivity contribution >= 4 is 18.0 Å². The van der Waals surface area contributed by atoms with Gasteiger partial charge in [0.2, 0.25) is 0 Å². The van der Waals surface area contributed by atoms with Crippen LogP contribution in [0.5, 0.6) is 5.75 Å². The lowest BCUT2D eigenvalue weighted by molar-refractivity contribution is -0.122. The van der Waals surface area contributed by atoms with Crippen molar-refractivity contribution in [1.29, 1.82) is 0 Å². The number of methoxy groups -OCH3 is 1. The second-order valence-electron chi connectivity index (χ2n) is 7.26. The molecule has 1 heterocycles. The predicted octanol–water partition coefficient (Wildman–Crippen LogP) is 1.80. The zero-order valence-corrected chi connectivity index (χ0v) is 17.8. The highest BCUT2D eigenvalue weighted by Gasteiger charge is 2.16. The predicted molar refractivity (Wildman–Crippen MR) is 118 cm³/mol. The number of carbonyl (C=O) groups excluding carboxylic acids is 2. The van der Waals surface area contributed by atoms with Gasteiger partial charge in [0.1, 0.15) is 11.8 Å². The molecule has 8 nitrogen and oxygen atoms in total. The molecule has 0 aliphatic carbocycles. The average molecular weight is 425 g/mol. The van der Waals surface area contributed by atoms with Gasteiger partial charge >= 0.3 is 0 Å². The smallest absolute Gasteiger partial charge is 0.262 e. The highest BCUT2D eigenvalue weighted by Crippen LogP contribution is 2.21. The largest absolute Gasteiger partial charge is 0.496 e. The Bertz CT molecular complexity index is 911. The minimum Gasteiger partial charge on any atom is -0.496 e. The normalized spacial score (nSPS) is 15.4. The van der Waals surface area contributed by atoms with E-state index in [2.05, 4.69) is 20.7 Å². The number of carbonyl (C=O) groups is 2. The summed E-state index contributed by atoms with van der Waals surface area (Å²) in [5.74, 6) is 0.0997. The highest BCUT2D eigenvalue weighted by molar-refractivity contribution is 5.97. The van der Waals surface area contributed by atoms with Crippen molar-refractivity contribution in [3.8, 4) is 5.75 Å². The van der Waals surface area contributed by atoms with Crippen LogP contribution in [0.25, 0.3) is 0 Å². The van der Waals surface area contributed by atoms with Gasteiger partial charge in [0.15, 0.2) is 0 Å². The van der Waals surface area contributed by atoms with Gasteiger partial charge in [-0.3, -0.25) is 14.5 Å². The molecule has 0 spiro atoms. The van der Waals surface area contributed by atoms with Crippen LogP contribution in [-0.4, -0.2) is 62.4 Å². The van der Waals surface area contributed by atoms with Crippen LogP contribution in [0.4, 0.5) is 0 Å². The van der Waals surface area contributed by atoms with Crippen molar-refractivity contribution in [2.24, 2.45) is 5.10 Å². The molecule has 164 valence electrons. The van der Waals surface area contributed by atoms with Crippen LogP contribution in [0.1, 0.15) is 28.4 Å². The molecule has 1 aliphatic rings. The molecular formula is C23H28N4O4. The van der Waals surface area contributed by atoms with Crippen molar-refractivity contribution in [2.45, 2.75) is 19.5 Å². The van der Waals surface area contributed by atoms with Gasteiger partial charge in [-0.25, -0.2) is 5.43 Å². The first-order valence-corrected chi connectivity index (χ1v) is 10.2. The SMILES string of the molecule is COc1ccc(/C=N/NC(=O)C(C)NC(=O)c2ccccc2)cc1CN1CCOCC1. The summed E-state index contributed by atoms with van der Waals surface area (Å²) in [6, 6.07) is 13.8. The molecule has 0 saturated carbocycles. The number of hydrogen-bond donors (Lipinski definition) is 2. The maximum absolute atomic E-state index is 12.3. The van der Waals surface area contributed by atoms with E-state index >= 15 is 0 Å². The van der Waals surface area contributed by atoms with Gasteiger partial charge in [0.25, 0.3) is 11.8 Å². The van der Waals surface area contributed by atoms with Crippen molar-refractivity contribution in [3.05, 3.63) is 65.2 Å². The van der Waals surface area contributed by atoms with Crippen LogP contribution in [0.2, 0.25) is 0 Å². The summed E-state index contributed by atoms with van der Waals surface area (Å²) in [4.78, 5) is 26.7. The number of hydrazone groups is 1. The van der Waals surface area contributed by atoms with E-state index in [0.717, 1.165) is 49.7 Å². The molecule has 0 aromatic heterocycles. The Kier molecular flexibility index (Phi) is 8.14. The van der Waals surface area contributed by atoms with Gasteiger partial charge in [-0.2, -0.15) is 5.10 Å².